The van der Waals surface area contributed by atoms with E-state index in [2.05, 4.69) is 5.32 Å². The third-order valence-corrected chi connectivity index (χ3v) is 5.85. The first kappa shape index (κ1) is 24.4. The highest BCUT2D eigenvalue weighted by Gasteiger charge is 2.28. The number of nitrogens with zero attached hydrogens (tertiary/aromatic N) is 1. The standard InChI is InChI=1S/C22H24Cl3FN2O2/c1-4-13(2)27-22(30)14(3)28(12-15-8-9-16(23)10-19(15)25)21(29)11-17-18(24)6-5-7-20(17)26/h5-10,13-14H,4,11-12H2,1-3H3,(H,27,30)/t13-,14+/m1/s1. The molecule has 0 radical (unpaired) electrons. The van der Waals surface area contributed by atoms with Crippen LogP contribution in [0.2, 0.25) is 15.1 Å². The smallest absolute Gasteiger partial charge is 0.242 e. The van der Waals surface area contributed by atoms with Crippen molar-refractivity contribution in [3.05, 3.63) is 68.4 Å². The van der Waals surface area contributed by atoms with Gasteiger partial charge >= 0.3 is 0 Å². The van der Waals surface area contributed by atoms with Gasteiger partial charge in [-0.3, -0.25) is 9.59 Å². The average Bonchev–Trinajstić information content (AvgIpc) is 2.69. The quantitative estimate of drug-likeness (QED) is 0.538. The lowest BCUT2D eigenvalue weighted by molar-refractivity contribution is -0.140. The molecule has 2 rings (SSSR count). The Hall–Kier alpha value is -1.82. The summed E-state index contributed by atoms with van der Waals surface area (Å²) >= 11 is 18.3. The van der Waals surface area contributed by atoms with Crippen LogP contribution in [0.4, 0.5) is 4.39 Å². The van der Waals surface area contributed by atoms with Gasteiger partial charge in [-0.2, -0.15) is 0 Å². The SMILES string of the molecule is CC[C@@H](C)NC(=O)[C@H](C)N(Cc1ccc(Cl)cc1Cl)C(=O)Cc1c(F)cccc1Cl. The van der Waals surface area contributed by atoms with Crippen LogP contribution in [-0.4, -0.2) is 28.8 Å². The summed E-state index contributed by atoms with van der Waals surface area (Å²) in [5.41, 5.74) is 0.711. The normalized spacial score (nSPS) is 12.9. The van der Waals surface area contributed by atoms with E-state index in [1.165, 1.54) is 23.1 Å². The first-order chi connectivity index (χ1) is 14.1. The Morgan fingerprint density at radius 3 is 2.40 bits per heavy atom. The van der Waals surface area contributed by atoms with Gasteiger partial charge in [-0.1, -0.05) is 53.9 Å². The fourth-order valence-corrected chi connectivity index (χ4v) is 3.53. The zero-order valence-corrected chi connectivity index (χ0v) is 19.3. The molecule has 0 saturated heterocycles. The van der Waals surface area contributed by atoms with Crippen LogP contribution in [0.5, 0.6) is 0 Å². The van der Waals surface area contributed by atoms with Crippen molar-refractivity contribution in [3.8, 4) is 0 Å². The van der Waals surface area contributed by atoms with Crippen molar-refractivity contribution in [2.75, 3.05) is 0 Å². The number of nitrogens with one attached hydrogen (secondary N) is 1. The highest BCUT2D eigenvalue weighted by atomic mass is 35.5. The van der Waals surface area contributed by atoms with Gasteiger partial charge in [-0.25, -0.2) is 4.39 Å². The van der Waals surface area contributed by atoms with Crippen LogP contribution in [0.1, 0.15) is 38.3 Å². The van der Waals surface area contributed by atoms with E-state index in [0.29, 0.717) is 15.6 Å². The molecular weight excluding hydrogens is 450 g/mol. The minimum absolute atomic E-state index is 0.0444. The average molecular weight is 474 g/mol. The van der Waals surface area contributed by atoms with Crippen molar-refractivity contribution in [3.63, 3.8) is 0 Å². The minimum atomic E-state index is -0.802. The second-order valence-electron chi connectivity index (χ2n) is 7.13. The van der Waals surface area contributed by atoms with E-state index in [-0.39, 0.29) is 35.5 Å². The molecule has 2 atom stereocenters. The lowest BCUT2D eigenvalue weighted by Gasteiger charge is -2.30. The van der Waals surface area contributed by atoms with E-state index in [1.807, 2.05) is 13.8 Å². The van der Waals surface area contributed by atoms with Gasteiger partial charge in [0, 0.05) is 33.2 Å². The molecule has 2 aromatic rings. The fraction of sp³-hybridized carbons (Fsp3) is 0.364. The van der Waals surface area contributed by atoms with Crippen molar-refractivity contribution in [2.45, 2.75) is 52.2 Å². The van der Waals surface area contributed by atoms with Crippen LogP contribution in [-0.2, 0) is 22.6 Å². The molecule has 0 aromatic heterocycles. The lowest BCUT2D eigenvalue weighted by atomic mass is 10.1. The molecule has 30 heavy (non-hydrogen) atoms. The summed E-state index contributed by atoms with van der Waals surface area (Å²) in [6.07, 6.45) is 0.470. The fourth-order valence-electron chi connectivity index (χ4n) is 2.84. The van der Waals surface area contributed by atoms with E-state index < -0.39 is 17.8 Å². The Morgan fingerprint density at radius 1 is 1.10 bits per heavy atom. The third kappa shape index (κ3) is 6.34. The molecule has 2 amide bonds. The predicted molar refractivity (Wildman–Crippen MR) is 119 cm³/mol. The highest BCUT2D eigenvalue weighted by Crippen LogP contribution is 2.25. The minimum Gasteiger partial charge on any atom is -0.352 e. The van der Waals surface area contributed by atoms with Crippen molar-refractivity contribution in [1.29, 1.82) is 0 Å². The Kier molecular flexibility index (Phi) is 8.95. The van der Waals surface area contributed by atoms with Crippen LogP contribution < -0.4 is 5.32 Å². The van der Waals surface area contributed by atoms with Gasteiger partial charge in [-0.15, -0.1) is 0 Å². The first-order valence-electron chi connectivity index (χ1n) is 9.60. The number of hydrogen-bond donors (Lipinski definition) is 1. The zero-order valence-electron chi connectivity index (χ0n) is 17.0. The summed E-state index contributed by atoms with van der Waals surface area (Å²) in [5, 5.41) is 3.87. The van der Waals surface area contributed by atoms with Gasteiger partial charge in [0.2, 0.25) is 11.8 Å². The molecule has 0 unspecified atom stereocenters. The van der Waals surface area contributed by atoms with E-state index in [4.69, 9.17) is 34.8 Å². The van der Waals surface area contributed by atoms with Crippen LogP contribution in [0, 0.1) is 5.82 Å². The topological polar surface area (TPSA) is 49.4 Å². The Labute approximate surface area is 191 Å². The van der Waals surface area contributed by atoms with Crippen molar-refractivity contribution >= 4 is 46.6 Å². The summed E-state index contributed by atoms with van der Waals surface area (Å²) in [7, 11) is 0. The summed E-state index contributed by atoms with van der Waals surface area (Å²) in [6, 6.07) is 8.31. The van der Waals surface area contributed by atoms with E-state index >= 15 is 0 Å². The van der Waals surface area contributed by atoms with Crippen LogP contribution >= 0.6 is 34.8 Å². The lowest BCUT2D eigenvalue weighted by Crippen LogP contribution is -2.50. The molecule has 0 bridgehead atoms. The van der Waals surface area contributed by atoms with E-state index in [1.54, 1.807) is 25.1 Å². The maximum absolute atomic E-state index is 14.2. The predicted octanol–water partition coefficient (Wildman–Crippen LogP) is 5.66. The first-order valence-corrected chi connectivity index (χ1v) is 10.7. The Morgan fingerprint density at radius 2 is 1.80 bits per heavy atom. The molecule has 8 heteroatoms. The number of benzene rings is 2. The molecule has 0 spiro atoms. The van der Waals surface area contributed by atoms with Crippen molar-refractivity contribution in [2.24, 2.45) is 0 Å². The number of hydrogen-bond acceptors (Lipinski definition) is 2. The number of amides is 2. The maximum atomic E-state index is 14.2. The van der Waals surface area contributed by atoms with Crippen LogP contribution in [0.3, 0.4) is 0 Å². The molecule has 4 nitrogen and oxygen atoms in total. The summed E-state index contributed by atoms with van der Waals surface area (Å²) in [4.78, 5) is 27.2. The van der Waals surface area contributed by atoms with E-state index in [9.17, 15) is 14.0 Å². The Balaban J connectivity index is 2.34. The molecule has 0 aliphatic rings. The van der Waals surface area contributed by atoms with E-state index in [0.717, 1.165) is 6.42 Å². The number of carbonyl (C=O) groups excluding carboxylic acids is 2. The molecular formula is C22H24Cl3FN2O2. The number of carbonyl (C=O) groups is 2. The Bertz CT molecular complexity index is 903. The van der Waals surface area contributed by atoms with Gasteiger partial charge in [0.05, 0.1) is 6.42 Å². The van der Waals surface area contributed by atoms with Gasteiger partial charge in [0.1, 0.15) is 11.9 Å². The monoisotopic (exact) mass is 472 g/mol. The molecule has 162 valence electrons. The molecule has 0 aliphatic heterocycles. The van der Waals surface area contributed by atoms with Crippen LogP contribution in [0.15, 0.2) is 36.4 Å². The molecule has 1 N–H and O–H groups in total. The number of rotatable bonds is 8. The molecule has 0 aliphatic carbocycles. The second-order valence-corrected chi connectivity index (χ2v) is 8.38. The second kappa shape index (κ2) is 11.0. The molecule has 0 heterocycles. The molecule has 2 aromatic carbocycles. The van der Waals surface area contributed by atoms with Crippen molar-refractivity contribution < 1.29 is 14.0 Å². The largest absolute Gasteiger partial charge is 0.352 e. The molecule has 0 saturated carbocycles. The van der Waals surface area contributed by atoms with Crippen LogP contribution in [0.25, 0.3) is 0 Å². The van der Waals surface area contributed by atoms with Gasteiger partial charge < -0.3 is 10.2 Å². The maximum Gasteiger partial charge on any atom is 0.242 e. The molecule has 0 fully saturated rings. The summed E-state index contributed by atoms with van der Waals surface area (Å²) in [6.45, 7) is 5.52. The van der Waals surface area contributed by atoms with Gasteiger partial charge in [-0.05, 0) is 50.1 Å². The van der Waals surface area contributed by atoms with Gasteiger partial charge in [0.25, 0.3) is 0 Å². The highest BCUT2D eigenvalue weighted by molar-refractivity contribution is 6.35. The van der Waals surface area contributed by atoms with Crippen molar-refractivity contribution in [1.82, 2.24) is 10.2 Å². The van der Waals surface area contributed by atoms with Gasteiger partial charge in [0.15, 0.2) is 0 Å². The summed E-state index contributed by atoms with van der Waals surface area (Å²) in [5.74, 6) is -1.32. The zero-order chi connectivity index (χ0) is 22.4. The third-order valence-electron chi connectivity index (χ3n) is 4.91. The summed E-state index contributed by atoms with van der Waals surface area (Å²) < 4.78 is 14.2. The number of halogens is 4.